The first-order valence-corrected chi connectivity index (χ1v) is 8.20. The summed E-state index contributed by atoms with van der Waals surface area (Å²) in [4.78, 5) is 26.9. The maximum absolute atomic E-state index is 12.8. The van der Waals surface area contributed by atoms with E-state index in [2.05, 4.69) is 12.2 Å². The molecule has 21 heavy (non-hydrogen) atoms. The molecule has 0 aromatic rings. The third kappa shape index (κ3) is 3.23. The van der Waals surface area contributed by atoms with Crippen LogP contribution in [0.25, 0.3) is 0 Å². The van der Waals surface area contributed by atoms with Crippen molar-refractivity contribution < 1.29 is 14.3 Å². The standard InChI is InChI=1S/C16H28N2O3/c1-4-5-10-21-14(19)13(12(2)3)18-9-7-16(15(18)20)6-8-17-11-16/h12-13,17H,4-11H2,1-3H3/t13-,16+/m0/s1. The van der Waals surface area contributed by atoms with Gasteiger partial charge in [0.05, 0.1) is 12.0 Å². The summed E-state index contributed by atoms with van der Waals surface area (Å²) >= 11 is 0. The minimum Gasteiger partial charge on any atom is -0.464 e. The van der Waals surface area contributed by atoms with Gasteiger partial charge in [-0.25, -0.2) is 4.79 Å². The van der Waals surface area contributed by atoms with Crippen molar-refractivity contribution in [2.75, 3.05) is 26.2 Å². The fourth-order valence-corrected chi connectivity index (χ4v) is 3.41. The van der Waals surface area contributed by atoms with Gasteiger partial charge in [0.1, 0.15) is 6.04 Å². The van der Waals surface area contributed by atoms with Gasteiger partial charge in [-0.3, -0.25) is 4.79 Å². The van der Waals surface area contributed by atoms with Crippen LogP contribution in [0.2, 0.25) is 0 Å². The molecule has 0 aromatic heterocycles. The number of nitrogens with zero attached hydrogens (tertiary/aromatic N) is 1. The molecule has 0 saturated carbocycles. The summed E-state index contributed by atoms with van der Waals surface area (Å²) in [5.74, 6) is -0.0268. The molecule has 2 aliphatic heterocycles. The molecule has 0 unspecified atom stereocenters. The summed E-state index contributed by atoms with van der Waals surface area (Å²) in [6.45, 7) is 8.80. The maximum Gasteiger partial charge on any atom is 0.329 e. The molecule has 5 nitrogen and oxygen atoms in total. The summed E-state index contributed by atoms with van der Waals surface area (Å²) < 4.78 is 5.37. The number of likely N-dealkylation sites (tertiary alicyclic amines) is 1. The van der Waals surface area contributed by atoms with Crippen LogP contribution in [0.3, 0.4) is 0 Å². The molecule has 1 spiro atoms. The van der Waals surface area contributed by atoms with Crippen LogP contribution in [-0.2, 0) is 14.3 Å². The highest BCUT2D eigenvalue weighted by atomic mass is 16.5. The number of hydrogen-bond acceptors (Lipinski definition) is 4. The van der Waals surface area contributed by atoms with Crippen LogP contribution < -0.4 is 5.32 Å². The Morgan fingerprint density at radius 2 is 2.19 bits per heavy atom. The van der Waals surface area contributed by atoms with Crippen molar-refractivity contribution in [3.8, 4) is 0 Å². The molecule has 2 saturated heterocycles. The largest absolute Gasteiger partial charge is 0.464 e. The second-order valence-corrected chi connectivity index (χ2v) is 6.67. The van der Waals surface area contributed by atoms with E-state index in [1.54, 1.807) is 4.90 Å². The second-order valence-electron chi connectivity index (χ2n) is 6.67. The van der Waals surface area contributed by atoms with E-state index in [0.29, 0.717) is 13.2 Å². The number of unbranched alkanes of at least 4 members (excludes halogenated alkanes) is 1. The van der Waals surface area contributed by atoms with Gasteiger partial charge in [0, 0.05) is 13.1 Å². The molecular weight excluding hydrogens is 268 g/mol. The zero-order valence-corrected chi connectivity index (χ0v) is 13.5. The third-order valence-electron chi connectivity index (χ3n) is 4.74. The number of amides is 1. The summed E-state index contributed by atoms with van der Waals surface area (Å²) in [6.07, 6.45) is 3.61. The fourth-order valence-electron chi connectivity index (χ4n) is 3.41. The van der Waals surface area contributed by atoms with Gasteiger partial charge in [-0.1, -0.05) is 27.2 Å². The van der Waals surface area contributed by atoms with Crippen LogP contribution in [-0.4, -0.2) is 49.1 Å². The number of ether oxygens (including phenoxy) is 1. The number of rotatable bonds is 6. The normalized spacial score (nSPS) is 26.9. The second kappa shape index (κ2) is 6.77. The van der Waals surface area contributed by atoms with Crippen molar-refractivity contribution in [2.24, 2.45) is 11.3 Å². The topological polar surface area (TPSA) is 58.6 Å². The highest BCUT2D eigenvalue weighted by molar-refractivity contribution is 5.90. The Morgan fingerprint density at radius 3 is 2.76 bits per heavy atom. The average molecular weight is 296 g/mol. The first-order chi connectivity index (χ1) is 10.0. The molecule has 2 aliphatic rings. The van der Waals surface area contributed by atoms with E-state index in [9.17, 15) is 9.59 Å². The number of nitrogens with one attached hydrogen (secondary N) is 1. The van der Waals surface area contributed by atoms with Crippen LogP contribution in [0.1, 0.15) is 46.5 Å². The van der Waals surface area contributed by atoms with Gasteiger partial charge in [0.2, 0.25) is 5.91 Å². The Kier molecular flexibility index (Phi) is 5.25. The Morgan fingerprint density at radius 1 is 1.43 bits per heavy atom. The highest BCUT2D eigenvalue weighted by Crippen LogP contribution is 2.39. The third-order valence-corrected chi connectivity index (χ3v) is 4.74. The van der Waals surface area contributed by atoms with E-state index in [0.717, 1.165) is 38.8 Å². The van der Waals surface area contributed by atoms with E-state index in [-0.39, 0.29) is 23.2 Å². The first kappa shape index (κ1) is 16.3. The quantitative estimate of drug-likeness (QED) is 0.597. The average Bonchev–Trinajstić information content (AvgIpc) is 3.02. The van der Waals surface area contributed by atoms with Crippen LogP contribution in [0.4, 0.5) is 0 Å². The summed E-state index contributed by atoms with van der Waals surface area (Å²) in [5, 5.41) is 3.28. The number of carbonyl (C=O) groups excluding carboxylic acids is 2. The Hall–Kier alpha value is -1.10. The first-order valence-electron chi connectivity index (χ1n) is 8.20. The van der Waals surface area contributed by atoms with Gasteiger partial charge in [0.25, 0.3) is 0 Å². The molecule has 0 radical (unpaired) electrons. The lowest BCUT2D eigenvalue weighted by atomic mass is 9.85. The number of esters is 1. The van der Waals surface area contributed by atoms with Crippen LogP contribution >= 0.6 is 0 Å². The lowest BCUT2D eigenvalue weighted by Gasteiger charge is -2.31. The van der Waals surface area contributed by atoms with Crippen molar-refractivity contribution in [1.82, 2.24) is 10.2 Å². The predicted octanol–water partition coefficient (Wildman–Crippen LogP) is 1.57. The maximum atomic E-state index is 12.8. The van der Waals surface area contributed by atoms with Gasteiger partial charge in [-0.15, -0.1) is 0 Å². The van der Waals surface area contributed by atoms with Crippen LogP contribution in [0, 0.1) is 11.3 Å². The zero-order valence-electron chi connectivity index (χ0n) is 13.5. The van der Waals surface area contributed by atoms with Crippen molar-refractivity contribution in [1.29, 1.82) is 0 Å². The van der Waals surface area contributed by atoms with E-state index in [4.69, 9.17) is 4.74 Å². The van der Waals surface area contributed by atoms with E-state index < -0.39 is 6.04 Å². The molecule has 2 heterocycles. The Bertz CT molecular complexity index is 389. The lowest BCUT2D eigenvalue weighted by Crippen LogP contribution is -2.49. The molecule has 5 heteroatoms. The minimum atomic E-state index is -0.436. The van der Waals surface area contributed by atoms with E-state index in [1.807, 2.05) is 13.8 Å². The summed E-state index contributed by atoms with van der Waals surface area (Å²) in [5.41, 5.74) is -0.267. The van der Waals surface area contributed by atoms with Crippen molar-refractivity contribution in [3.63, 3.8) is 0 Å². The summed E-state index contributed by atoms with van der Waals surface area (Å²) in [6, 6.07) is -0.436. The molecule has 2 atom stereocenters. The SMILES string of the molecule is CCCCOC(=O)[C@H](C(C)C)N1CC[C@@]2(CCNC2)C1=O. The molecule has 0 aromatic carbocycles. The zero-order chi connectivity index (χ0) is 15.5. The van der Waals surface area contributed by atoms with Crippen molar-refractivity contribution in [2.45, 2.75) is 52.5 Å². The van der Waals surface area contributed by atoms with Crippen molar-refractivity contribution in [3.05, 3.63) is 0 Å². The molecule has 2 rings (SSSR count). The van der Waals surface area contributed by atoms with Gasteiger partial charge < -0.3 is 15.0 Å². The van der Waals surface area contributed by atoms with Crippen molar-refractivity contribution >= 4 is 11.9 Å². The van der Waals surface area contributed by atoms with E-state index in [1.165, 1.54) is 0 Å². The molecule has 0 aliphatic carbocycles. The summed E-state index contributed by atoms with van der Waals surface area (Å²) in [7, 11) is 0. The van der Waals surface area contributed by atoms with Gasteiger partial charge >= 0.3 is 5.97 Å². The van der Waals surface area contributed by atoms with Crippen LogP contribution in [0.15, 0.2) is 0 Å². The molecule has 1 amide bonds. The van der Waals surface area contributed by atoms with E-state index >= 15 is 0 Å². The Balaban J connectivity index is 2.05. The van der Waals surface area contributed by atoms with Gasteiger partial charge in [-0.2, -0.15) is 0 Å². The monoisotopic (exact) mass is 296 g/mol. The highest BCUT2D eigenvalue weighted by Gasteiger charge is 2.51. The molecular formula is C16H28N2O3. The fraction of sp³-hybridized carbons (Fsp3) is 0.875. The predicted molar refractivity (Wildman–Crippen MR) is 80.7 cm³/mol. The van der Waals surface area contributed by atoms with Gasteiger partial charge in [-0.05, 0) is 31.7 Å². The Labute approximate surface area is 127 Å². The van der Waals surface area contributed by atoms with Gasteiger partial charge in [0.15, 0.2) is 0 Å². The number of carbonyl (C=O) groups is 2. The van der Waals surface area contributed by atoms with Crippen LogP contribution in [0.5, 0.6) is 0 Å². The molecule has 120 valence electrons. The molecule has 0 bridgehead atoms. The molecule has 2 fully saturated rings. The smallest absolute Gasteiger partial charge is 0.329 e. The molecule has 1 N–H and O–H groups in total. The minimum absolute atomic E-state index is 0.0765. The lowest BCUT2D eigenvalue weighted by molar-refractivity contribution is -0.157. The number of hydrogen-bond donors (Lipinski definition) is 1.